The number of nitrogens with two attached hydrogens (primary N) is 2. The maximum atomic E-state index is 12.2. The number of rotatable bonds is 3. The van der Waals surface area contributed by atoms with Crippen LogP contribution in [0, 0.1) is 5.92 Å². The Morgan fingerprint density at radius 3 is 2.77 bits per heavy atom. The Kier molecular flexibility index (Phi) is 4.19. The highest BCUT2D eigenvalue weighted by Crippen LogP contribution is 2.50. The highest BCUT2D eigenvalue weighted by Gasteiger charge is 2.29. The number of carbonyl (C=O) groups excluding carboxylic acids is 1. The van der Waals surface area contributed by atoms with Crippen molar-refractivity contribution in [3.8, 4) is 0 Å². The number of guanidine groups is 1. The van der Waals surface area contributed by atoms with Gasteiger partial charge in [-0.15, -0.1) is 5.73 Å². The van der Waals surface area contributed by atoms with E-state index in [4.69, 9.17) is 11.5 Å². The third-order valence-corrected chi connectivity index (χ3v) is 5.97. The molecule has 1 saturated carbocycles. The largest absolute Gasteiger partial charge is 0.370 e. The van der Waals surface area contributed by atoms with Gasteiger partial charge in [0, 0.05) is 15.4 Å². The van der Waals surface area contributed by atoms with Crippen LogP contribution in [0.2, 0.25) is 0 Å². The van der Waals surface area contributed by atoms with Gasteiger partial charge in [0.1, 0.15) is 0 Å². The van der Waals surface area contributed by atoms with Gasteiger partial charge in [-0.25, -0.2) is 0 Å². The van der Waals surface area contributed by atoms with E-state index in [2.05, 4.69) is 35.9 Å². The molecular weight excluding hydrogens is 342 g/mol. The van der Waals surface area contributed by atoms with E-state index < -0.39 is 5.91 Å². The van der Waals surface area contributed by atoms with Crippen LogP contribution < -0.4 is 11.5 Å². The average Bonchev–Trinajstić information content (AvgIpc) is 3.46. The molecular formula is C21H19N3OS. The molecule has 5 heteroatoms. The van der Waals surface area contributed by atoms with Crippen molar-refractivity contribution in [1.82, 2.24) is 0 Å². The first-order chi connectivity index (χ1) is 12.5. The zero-order valence-electron chi connectivity index (χ0n) is 14.5. The zero-order chi connectivity index (χ0) is 18.3. The van der Waals surface area contributed by atoms with Gasteiger partial charge >= 0.3 is 0 Å². The number of thioether (sulfide) groups is 1. The lowest BCUT2D eigenvalue weighted by Gasteiger charge is -2.16. The van der Waals surface area contributed by atoms with Crippen molar-refractivity contribution in [2.45, 2.75) is 19.8 Å². The van der Waals surface area contributed by atoms with Crippen molar-refractivity contribution < 1.29 is 4.79 Å². The normalized spacial score (nSPS) is 16.6. The van der Waals surface area contributed by atoms with E-state index in [0.29, 0.717) is 11.5 Å². The molecule has 0 spiro atoms. The van der Waals surface area contributed by atoms with Crippen molar-refractivity contribution in [1.29, 1.82) is 0 Å². The molecule has 1 heterocycles. The average molecular weight is 361 g/mol. The van der Waals surface area contributed by atoms with E-state index in [0.717, 1.165) is 16.3 Å². The summed E-state index contributed by atoms with van der Waals surface area (Å²) in [5, 5.41) is 2.10. The maximum absolute atomic E-state index is 12.2. The number of aliphatic imine (C=N–C) groups is 1. The predicted molar refractivity (Wildman–Crippen MR) is 109 cm³/mol. The monoisotopic (exact) mass is 361 g/mol. The lowest BCUT2D eigenvalue weighted by Crippen LogP contribution is -2.24. The van der Waals surface area contributed by atoms with Crippen LogP contribution in [0.1, 0.15) is 35.7 Å². The summed E-state index contributed by atoms with van der Waals surface area (Å²) in [6, 6.07) is 11.8. The number of hydrogen-bond acceptors (Lipinski definition) is 2. The number of carbonyl (C=O) groups is 1. The Morgan fingerprint density at radius 1 is 1.23 bits per heavy atom. The molecule has 0 saturated heterocycles. The standard InChI is InChI=1S/C21H19N3OS/c1-12-5-10-18(14-7-8-14)26-19(12)16-4-2-3-13-6-9-15(11-17(13)16)20(25)24-21(22)23/h2-6,9,11,14H,7-8H2,1H3,(H4,22,23,24,25). The highest BCUT2D eigenvalue weighted by atomic mass is 32.2. The summed E-state index contributed by atoms with van der Waals surface area (Å²) in [6.45, 7) is 2.10. The minimum atomic E-state index is -0.429. The van der Waals surface area contributed by atoms with Crippen molar-refractivity contribution in [3.63, 3.8) is 0 Å². The molecule has 2 aliphatic rings. The molecule has 0 aromatic heterocycles. The molecule has 1 aliphatic carbocycles. The number of amides is 1. The summed E-state index contributed by atoms with van der Waals surface area (Å²) in [5.74, 6) is 0.00427. The quantitative estimate of drug-likeness (QED) is 0.488. The number of benzene rings is 2. The van der Waals surface area contributed by atoms with Crippen LogP contribution in [0.5, 0.6) is 0 Å². The smallest absolute Gasteiger partial charge is 0.280 e. The first-order valence-corrected chi connectivity index (χ1v) is 9.37. The van der Waals surface area contributed by atoms with Gasteiger partial charge in [-0.05, 0) is 65.8 Å². The van der Waals surface area contributed by atoms with Crippen molar-refractivity contribution in [2.24, 2.45) is 22.4 Å². The van der Waals surface area contributed by atoms with Crippen LogP contribution in [0.25, 0.3) is 15.7 Å². The Labute approximate surface area is 156 Å². The molecule has 4 nitrogen and oxygen atoms in total. The second-order valence-electron chi connectivity index (χ2n) is 6.62. The molecule has 0 unspecified atom stereocenters. The SMILES string of the molecule is CC1=C(c2cccc3ccc(C(=O)N=C(N)N)cc23)SC(C2CC2)=C=C1. The Balaban J connectivity index is 1.81. The van der Waals surface area contributed by atoms with Crippen LogP contribution in [-0.2, 0) is 0 Å². The fourth-order valence-corrected chi connectivity index (χ4v) is 4.31. The van der Waals surface area contributed by atoms with Crippen LogP contribution in [0.4, 0.5) is 0 Å². The Bertz CT molecular complexity index is 1050. The fourth-order valence-electron chi connectivity index (χ4n) is 3.06. The van der Waals surface area contributed by atoms with Crippen LogP contribution in [-0.4, -0.2) is 11.9 Å². The molecule has 4 N–H and O–H groups in total. The predicted octanol–water partition coefficient (Wildman–Crippen LogP) is 4.18. The molecule has 0 radical (unpaired) electrons. The van der Waals surface area contributed by atoms with Crippen molar-refractivity contribution in [2.75, 3.05) is 0 Å². The van der Waals surface area contributed by atoms with Crippen LogP contribution in [0.3, 0.4) is 0 Å². The van der Waals surface area contributed by atoms with E-state index >= 15 is 0 Å². The molecule has 1 amide bonds. The second kappa shape index (κ2) is 6.52. The molecule has 1 fully saturated rings. The molecule has 0 atom stereocenters. The van der Waals surface area contributed by atoms with Gasteiger partial charge in [-0.2, -0.15) is 4.99 Å². The van der Waals surface area contributed by atoms with E-state index in [1.54, 1.807) is 17.8 Å². The van der Waals surface area contributed by atoms with Gasteiger partial charge in [0.2, 0.25) is 0 Å². The highest BCUT2D eigenvalue weighted by molar-refractivity contribution is 8.11. The summed E-state index contributed by atoms with van der Waals surface area (Å²) in [6.07, 6.45) is 4.58. The minimum Gasteiger partial charge on any atom is -0.370 e. The second-order valence-corrected chi connectivity index (χ2v) is 7.68. The fraction of sp³-hybridized carbons (Fsp3) is 0.190. The van der Waals surface area contributed by atoms with Gasteiger partial charge in [0.25, 0.3) is 5.91 Å². The third-order valence-electron chi connectivity index (χ3n) is 4.55. The lowest BCUT2D eigenvalue weighted by molar-refractivity contribution is 0.100. The summed E-state index contributed by atoms with van der Waals surface area (Å²) >= 11 is 1.80. The molecule has 0 bridgehead atoms. The molecule has 26 heavy (non-hydrogen) atoms. The van der Waals surface area contributed by atoms with Gasteiger partial charge in [0.15, 0.2) is 5.96 Å². The number of nitrogens with zero attached hydrogens (tertiary/aromatic N) is 1. The molecule has 1 aliphatic heterocycles. The van der Waals surface area contributed by atoms with Gasteiger partial charge in [-0.3, -0.25) is 4.79 Å². The summed E-state index contributed by atoms with van der Waals surface area (Å²) < 4.78 is 0. The maximum Gasteiger partial charge on any atom is 0.280 e. The van der Waals surface area contributed by atoms with Gasteiger partial charge in [0.05, 0.1) is 0 Å². The van der Waals surface area contributed by atoms with E-state index in [9.17, 15) is 4.79 Å². The zero-order valence-corrected chi connectivity index (χ0v) is 15.3. The molecule has 2 aromatic carbocycles. The summed E-state index contributed by atoms with van der Waals surface area (Å²) in [4.78, 5) is 18.4. The summed E-state index contributed by atoms with van der Waals surface area (Å²) in [7, 11) is 0. The third kappa shape index (κ3) is 3.19. The van der Waals surface area contributed by atoms with Gasteiger partial charge < -0.3 is 11.5 Å². The van der Waals surface area contributed by atoms with Gasteiger partial charge in [-0.1, -0.05) is 36.0 Å². The van der Waals surface area contributed by atoms with E-state index in [-0.39, 0.29) is 5.96 Å². The topological polar surface area (TPSA) is 81.5 Å². The Morgan fingerprint density at radius 2 is 2.04 bits per heavy atom. The van der Waals surface area contributed by atoms with E-state index in [1.807, 2.05) is 18.2 Å². The van der Waals surface area contributed by atoms with Crippen LogP contribution in [0.15, 0.2) is 63.7 Å². The lowest BCUT2D eigenvalue weighted by atomic mass is 9.99. The first-order valence-electron chi connectivity index (χ1n) is 8.55. The minimum absolute atomic E-state index is 0.228. The molecule has 2 aromatic rings. The Hall–Kier alpha value is -2.75. The van der Waals surface area contributed by atoms with Crippen LogP contribution >= 0.6 is 11.8 Å². The summed E-state index contributed by atoms with van der Waals surface area (Å²) in [5.41, 5.74) is 16.9. The molecule has 130 valence electrons. The number of allylic oxidation sites excluding steroid dienone is 2. The number of fused-ring (bicyclic) bond motifs is 1. The van der Waals surface area contributed by atoms with E-state index in [1.165, 1.54) is 28.2 Å². The van der Waals surface area contributed by atoms with Crippen molar-refractivity contribution >= 4 is 39.3 Å². The molecule has 4 rings (SSSR count). The number of hydrogen-bond donors (Lipinski definition) is 2. The first kappa shape index (κ1) is 16.7. The van der Waals surface area contributed by atoms with Crippen molar-refractivity contribution in [3.05, 3.63) is 69.8 Å².